The molecule has 1 aliphatic rings. The summed E-state index contributed by atoms with van der Waals surface area (Å²) in [6, 6.07) is 9.98. The second-order valence-electron chi connectivity index (χ2n) is 4.51. The molecule has 3 rings (SSSR count). The summed E-state index contributed by atoms with van der Waals surface area (Å²) in [7, 11) is 1.69. The molecule has 92 valence electrons. The van der Waals surface area contributed by atoms with Gasteiger partial charge in [-0.05, 0) is 36.6 Å². The third-order valence-electron chi connectivity index (χ3n) is 3.29. The van der Waals surface area contributed by atoms with Crippen LogP contribution in [0.3, 0.4) is 0 Å². The molecule has 1 fully saturated rings. The first kappa shape index (κ1) is 11.0. The van der Waals surface area contributed by atoms with E-state index in [2.05, 4.69) is 27.4 Å². The third kappa shape index (κ3) is 2.01. The Morgan fingerprint density at radius 3 is 2.61 bits per heavy atom. The number of nitrogens with one attached hydrogen (secondary N) is 1. The number of benzene rings is 1. The first-order valence-corrected chi connectivity index (χ1v) is 6.02. The summed E-state index contributed by atoms with van der Waals surface area (Å²) in [4.78, 5) is 8.44. The Morgan fingerprint density at radius 2 is 1.94 bits per heavy atom. The van der Waals surface area contributed by atoms with Gasteiger partial charge in [-0.1, -0.05) is 12.1 Å². The second-order valence-corrected chi connectivity index (χ2v) is 4.51. The first-order chi connectivity index (χ1) is 8.82. The molecule has 0 saturated heterocycles. The lowest BCUT2D eigenvalue weighted by Crippen LogP contribution is -2.20. The summed E-state index contributed by atoms with van der Waals surface area (Å²) in [5.41, 5.74) is 1.21. The first-order valence-electron chi connectivity index (χ1n) is 6.02. The number of nitrogens with zero attached hydrogens (tertiary/aromatic N) is 2. The maximum atomic E-state index is 5.27. The van der Waals surface area contributed by atoms with E-state index in [4.69, 9.17) is 4.74 Å². The molecule has 1 aromatic carbocycles. The molecule has 1 aliphatic carbocycles. The van der Waals surface area contributed by atoms with Crippen molar-refractivity contribution in [2.75, 3.05) is 12.4 Å². The lowest BCUT2D eigenvalue weighted by atomic mass is 10.0. The molecule has 0 atom stereocenters. The molecule has 4 nitrogen and oxygen atoms in total. The summed E-state index contributed by atoms with van der Waals surface area (Å²) in [5.74, 6) is 1.56. The van der Waals surface area contributed by atoms with Gasteiger partial charge in [0.25, 0.3) is 0 Å². The monoisotopic (exact) mass is 241 g/mol. The van der Waals surface area contributed by atoms with Gasteiger partial charge >= 0.3 is 0 Å². The highest BCUT2D eigenvalue weighted by atomic mass is 16.5. The van der Waals surface area contributed by atoms with E-state index in [1.54, 1.807) is 19.5 Å². The van der Waals surface area contributed by atoms with Crippen molar-refractivity contribution < 1.29 is 4.74 Å². The summed E-state index contributed by atoms with van der Waals surface area (Å²) < 4.78 is 5.27. The SMILES string of the molecule is COc1cccc(C2(Nc3ncccn3)CC2)c1. The lowest BCUT2D eigenvalue weighted by Gasteiger charge is -2.18. The Balaban J connectivity index is 1.86. The summed E-state index contributed by atoms with van der Waals surface area (Å²) in [6.45, 7) is 0. The zero-order chi connectivity index (χ0) is 12.4. The molecule has 1 saturated carbocycles. The van der Waals surface area contributed by atoms with E-state index < -0.39 is 0 Å². The van der Waals surface area contributed by atoms with E-state index >= 15 is 0 Å². The third-order valence-corrected chi connectivity index (χ3v) is 3.29. The zero-order valence-corrected chi connectivity index (χ0v) is 10.3. The van der Waals surface area contributed by atoms with E-state index in [0.29, 0.717) is 5.95 Å². The Morgan fingerprint density at radius 1 is 1.17 bits per heavy atom. The average Bonchev–Trinajstić information content (AvgIpc) is 3.21. The van der Waals surface area contributed by atoms with Crippen LogP contribution in [-0.2, 0) is 5.54 Å². The Kier molecular flexibility index (Phi) is 2.63. The molecule has 18 heavy (non-hydrogen) atoms. The lowest BCUT2D eigenvalue weighted by molar-refractivity contribution is 0.414. The molecular formula is C14H15N3O. The van der Waals surface area contributed by atoms with Crippen molar-refractivity contribution in [3.8, 4) is 5.75 Å². The van der Waals surface area contributed by atoms with E-state index in [0.717, 1.165) is 18.6 Å². The molecule has 1 heterocycles. The standard InChI is InChI=1S/C14H15N3O/c1-18-12-5-2-4-11(10-12)14(6-7-14)17-13-15-8-3-9-16-13/h2-5,8-10H,6-7H2,1H3,(H,15,16,17). The molecular weight excluding hydrogens is 226 g/mol. The highest BCUT2D eigenvalue weighted by molar-refractivity contribution is 5.44. The van der Waals surface area contributed by atoms with Crippen LogP contribution in [0.15, 0.2) is 42.7 Å². The number of methoxy groups -OCH3 is 1. The van der Waals surface area contributed by atoms with Gasteiger partial charge in [0.15, 0.2) is 0 Å². The van der Waals surface area contributed by atoms with Gasteiger partial charge in [0, 0.05) is 12.4 Å². The van der Waals surface area contributed by atoms with E-state index in [-0.39, 0.29) is 5.54 Å². The van der Waals surface area contributed by atoms with Crippen molar-refractivity contribution in [2.45, 2.75) is 18.4 Å². The van der Waals surface area contributed by atoms with Gasteiger partial charge < -0.3 is 10.1 Å². The Hall–Kier alpha value is -2.10. The van der Waals surface area contributed by atoms with Crippen molar-refractivity contribution in [3.05, 3.63) is 48.3 Å². The Labute approximate surface area is 106 Å². The minimum Gasteiger partial charge on any atom is -0.497 e. The fraction of sp³-hybridized carbons (Fsp3) is 0.286. The van der Waals surface area contributed by atoms with Crippen LogP contribution in [0.5, 0.6) is 5.75 Å². The van der Waals surface area contributed by atoms with Gasteiger partial charge in [-0.15, -0.1) is 0 Å². The van der Waals surface area contributed by atoms with Crippen LogP contribution in [0.25, 0.3) is 0 Å². The van der Waals surface area contributed by atoms with Gasteiger partial charge in [0.2, 0.25) is 5.95 Å². The minimum absolute atomic E-state index is 0.0180. The quantitative estimate of drug-likeness (QED) is 0.893. The van der Waals surface area contributed by atoms with Crippen LogP contribution in [-0.4, -0.2) is 17.1 Å². The van der Waals surface area contributed by atoms with Crippen LogP contribution in [0.4, 0.5) is 5.95 Å². The highest BCUT2D eigenvalue weighted by Gasteiger charge is 2.45. The van der Waals surface area contributed by atoms with Crippen molar-refractivity contribution in [3.63, 3.8) is 0 Å². The summed E-state index contributed by atoms with van der Waals surface area (Å²) >= 11 is 0. The topological polar surface area (TPSA) is 47.0 Å². The maximum Gasteiger partial charge on any atom is 0.223 e. The molecule has 4 heteroatoms. The normalized spacial score (nSPS) is 16.1. The predicted molar refractivity (Wildman–Crippen MR) is 69.6 cm³/mol. The van der Waals surface area contributed by atoms with Gasteiger partial charge in [-0.2, -0.15) is 0 Å². The van der Waals surface area contributed by atoms with Crippen LogP contribution in [0.2, 0.25) is 0 Å². The van der Waals surface area contributed by atoms with E-state index in [1.807, 2.05) is 18.2 Å². The van der Waals surface area contributed by atoms with Crippen molar-refractivity contribution in [1.29, 1.82) is 0 Å². The number of anilines is 1. The Bertz CT molecular complexity index is 538. The van der Waals surface area contributed by atoms with Gasteiger partial charge in [-0.25, -0.2) is 9.97 Å². The molecule has 1 N–H and O–H groups in total. The van der Waals surface area contributed by atoms with Gasteiger partial charge in [0.1, 0.15) is 5.75 Å². The smallest absolute Gasteiger partial charge is 0.223 e. The van der Waals surface area contributed by atoms with Gasteiger partial charge in [0.05, 0.1) is 12.6 Å². The molecule has 0 bridgehead atoms. The van der Waals surface area contributed by atoms with Gasteiger partial charge in [-0.3, -0.25) is 0 Å². The molecule has 2 aromatic rings. The van der Waals surface area contributed by atoms with E-state index in [9.17, 15) is 0 Å². The maximum absolute atomic E-state index is 5.27. The molecule has 0 amide bonds. The molecule has 1 aromatic heterocycles. The summed E-state index contributed by atoms with van der Waals surface area (Å²) in [5, 5.41) is 3.42. The predicted octanol–water partition coefficient (Wildman–Crippen LogP) is 2.59. The molecule has 0 radical (unpaired) electrons. The van der Waals surface area contributed by atoms with Crippen LogP contribution in [0, 0.1) is 0 Å². The minimum atomic E-state index is -0.0180. The zero-order valence-electron chi connectivity index (χ0n) is 10.3. The van der Waals surface area contributed by atoms with Crippen LogP contribution < -0.4 is 10.1 Å². The molecule has 0 unspecified atom stereocenters. The van der Waals surface area contributed by atoms with Crippen LogP contribution >= 0.6 is 0 Å². The van der Waals surface area contributed by atoms with Crippen LogP contribution in [0.1, 0.15) is 18.4 Å². The number of ether oxygens (including phenoxy) is 1. The number of rotatable bonds is 4. The fourth-order valence-electron chi connectivity index (χ4n) is 2.11. The highest BCUT2D eigenvalue weighted by Crippen LogP contribution is 2.48. The fourth-order valence-corrected chi connectivity index (χ4v) is 2.11. The number of aromatic nitrogens is 2. The second kappa shape index (κ2) is 4.29. The number of hydrogen-bond donors (Lipinski definition) is 1. The largest absolute Gasteiger partial charge is 0.497 e. The van der Waals surface area contributed by atoms with Crippen molar-refractivity contribution >= 4 is 5.95 Å². The van der Waals surface area contributed by atoms with Crippen molar-refractivity contribution in [1.82, 2.24) is 9.97 Å². The average molecular weight is 241 g/mol. The number of hydrogen-bond acceptors (Lipinski definition) is 4. The van der Waals surface area contributed by atoms with Crippen molar-refractivity contribution in [2.24, 2.45) is 0 Å². The molecule has 0 aliphatic heterocycles. The summed E-state index contributed by atoms with van der Waals surface area (Å²) in [6.07, 6.45) is 5.69. The molecule has 0 spiro atoms. The van der Waals surface area contributed by atoms with E-state index in [1.165, 1.54) is 5.56 Å².